The molecule has 2 aromatic heterocycles. The van der Waals surface area contributed by atoms with Gasteiger partial charge in [-0.25, -0.2) is 0 Å². The average molecular weight is 380 g/mol. The second-order valence-corrected chi connectivity index (χ2v) is 6.98. The third-order valence-electron chi connectivity index (χ3n) is 5.02. The molecule has 0 spiro atoms. The van der Waals surface area contributed by atoms with Gasteiger partial charge in [0.2, 0.25) is 0 Å². The third kappa shape index (κ3) is 3.55. The van der Waals surface area contributed by atoms with E-state index in [0.29, 0.717) is 0 Å². The van der Waals surface area contributed by atoms with Gasteiger partial charge < -0.3 is 4.57 Å². The molecule has 0 radical (unpaired) electrons. The van der Waals surface area contributed by atoms with Crippen molar-refractivity contribution < 1.29 is 4.70 Å². The highest BCUT2D eigenvalue weighted by Crippen LogP contribution is 2.35. The second-order valence-electron chi connectivity index (χ2n) is 6.98. The van der Waals surface area contributed by atoms with E-state index in [1.54, 1.807) is 0 Å². The van der Waals surface area contributed by atoms with Crippen molar-refractivity contribution in [2.75, 3.05) is 18.0 Å². The van der Waals surface area contributed by atoms with Crippen molar-refractivity contribution in [2.24, 2.45) is 5.11 Å². The highest BCUT2D eigenvalue weighted by molar-refractivity contribution is 5.75. The van der Waals surface area contributed by atoms with Crippen molar-refractivity contribution in [2.45, 2.75) is 6.42 Å². The lowest BCUT2D eigenvalue weighted by Gasteiger charge is -2.22. The number of anilines is 3. The molecule has 5 heteroatoms. The van der Waals surface area contributed by atoms with Gasteiger partial charge >= 0.3 is 5.82 Å². The molecule has 0 unspecified atom stereocenters. The first kappa shape index (κ1) is 17.4. The maximum absolute atomic E-state index is 4.95. The van der Waals surface area contributed by atoms with E-state index in [9.17, 15) is 0 Å². The molecule has 5 nitrogen and oxygen atoms in total. The number of pyridine rings is 1. The molecule has 1 aliphatic heterocycles. The van der Waals surface area contributed by atoms with Gasteiger partial charge in [0.15, 0.2) is 0 Å². The summed E-state index contributed by atoms with van der Waals surface area (Å²) in [5, 5.41) is 4.55. The van der Waals surface area contributed by atoms with Crippen molar-refractivity contribution in [3.05, 3.63) is 97.3 Å². The largest absolute Gasteiger partial charge is 0.345 e. The van der Waals surface area contributed by atoms with Gasteiger partial charge in [-0.2, -0.15) is 0 Å². The molecule has 0 N–H and O–H groups in total. The monoisotopic (exact) mass is 380 g/mol. The van der Waals surface area contributed by atoms with Crippen molar-refractivity contribution in [3.63, 3.8) is 0 Å². The second kappa shape index (κ2) is 7.72. The average Bonchev–Trinajstić information content (AvgIpc) is 3.50. The predicted molar refractivity (Wildman–Crippen MR) is 115 cm³/mol. The van der Waals surface area contributed by atoms with E-state index in [2.05, 4.69) is 87.6 Å². The highest BCUT2D eigenvalue weighted by atomic mass is 15.3. The van der Waals surface area contributed by atoms with E-state index in [1.165, 1.54) is 0 Å². The van der Waals surface area contributed by atoms with E-state index in [-0.39, 0.29) is 0 Å². The smallest absolute Gasteiger partial charge is 0.324 e. The molecule has 0 atom stereocenters. The summed E-state index contributed by atoms with van der Waals surface area (Å²) in [5.41, 5.74) is 3.24. The number of rotatable bonds is 5. The van der Waals surface area contributed by atoms with Crippen LogP contribution in [-0.2, 0) is 0 Å². The molecule has 1 aliphatic rings. The Balaban J connectivity index is 1.62. The molecule has 5 rings (SSSR count). The van der Waals surface area contributed by atoms with Gasteiger partial charge in [0, 0.05) is 42.3 Å². The fourth-order valence-electron chi connectivity index (χ4n) is 3.64. The highest BCUT2D eigenvalue weighted by Gasteiger charge is 2.22. The molecule has 0 aliphatic carbocycles. The Morgan fingerprint density at radius 2 is 1.59 bits per heavy atom. The van der Waals surface area contributed by atoms with E-state index in [4.69, 9.17) is 4.98 Å². The molecular weight excluding hydrogens is 358 g/mol. The number of para-hydroxylation sites is 1. The van der Waals surface area contributed by atoms with Gasteiger partial charge in [0.25, 0.3) is 5.82 Å². The Morgan fingerprint density at radius 1 is 0.793 bits per heavy atom. The van der Waals surface area contributed by atoms with E-state index in [0.717, 1.165) is 48.2 Å². The number of benzene rings is 2. The van der Waals surface area contributed by atoms with Crippen molar-refractivity contribution in [3.8, 4) is 5.69 Å². The predicted octanol–water partition coefficient (Wildman–Crippen LogP) is 5.84. The fourth-order valence-corrected chi connectivity index (χ4v) is 3.64. The van der Waals surface area contributed by atoms with Crippen LogP contribution >= 0.6 is 0 Å². The minimum atomic E-state index is 0.868. The molecule has 3 heterocycles. The zero-order valence-electron chi connectivity index (χ0n) is 16.1. The SMILES string of the molecule is c1ccc(N(c2cccc(-n3cccc3)c2)c2cccc([N+]3=NCCC3)n2)cc1. The first-order valence-electron chi connectivity index (χ1n) is 9.89. The first-order chi connectivity index (χ1) is 14.4. The third-order valence-corrected chi connectivity index (χ3v) is 5.02. The van der Waals surface area contributed by atoms with Crippen LogP contribution in [0.1, 0.15) is 6.42 Å². The normalized spacial score (nSPS) is 13.3. The molecule has 142 valence electrons. The molecule has 0 fully saturated rings. The number of azo groups is 2. The Labute approximate surface area is 170 Å². The van der Waals surface area contributed by atoms with Crippen LogP contribution in [0.5, 0.6) is 0 Å². The van der Waals surface area contributed by atoms with Gasteiger partial charge in [-0.3, -0.25) is 4.90 Å². The minimum absolute atomic E-state index is 0.868. The summed E-state index contributed by atoms with van der Waals surface area (Å²) < 4.78 is 4.11. The summed E-state index contributed by atoms with van der Waals surface area (Å²) in [6.45, 7) is 1.79. The van der Waals surface area contributed by atoms with Crippen LogP contribution < -0.4 is 4.90 Å². The molecule has 0 amide bonds. The van der Waals surface area contributed by atoms with Crippen LogP contribution in [0.4, 0.5) is 23.0 Å². The molecule has 0 saturated carbocycles. The van der Waals surface area contributed by atoms with Crippen molar-refractivity contribution in [1.82, 2.24) is 9.55 Å². The zero-order valence-corrected chi connectivity index (χ0v) is 16.1. The van der Waals surface area contributed by atoms with E-state index < -0.39 is 0 Å². The Bertz CT molecular complexity index is 1130. The lowest BCUT2D eigenvalue weighted by molar-refractivity contribution is -0.501. The summed E-state index contributed by atoms with van der Waals surface area (Å²) in [4.78, 5) is 7.14. The van der Waals surface area contributed by atoms with Gasteiger partial charge in [-0.15, -0.1) is 9.81 Å². The first-order valence-corrected chi connectivity index (χ1v) is 9.89. The van der Waals surface area contributed by atoms with Crippen molar-refractivity contribution >= 4 is 23.0 Å². The molecule has 0 bridgehead atoms. The molecule has 4 aromatic rings. The van der Waals surface area contributed by atoms with Crippen LogP contribution in [0.3, 0.4) is 0 Å². The van der Waals surface area contributed by atoms with E-state index >= 15 is 0 Å². The number of nitrogens with zero attached hydrogens (tertiary/aromatic N) is 5. The topological polar surface area (TPSA) is 36.4 Å². The summed E-state index contributed by atoms with van der Waals surface area (Å²) in [5.74, 6) is 1.77. The molecular formula is C24H22N5+. The molecule has 2 aromatic carbocycles. The van der Waals surface area contributed by atoms with Gasteiger partial charge in [0.1, 0.15) is 6.54 Å². The van der Waals surface area contributed by atoms with Crippen LogP contribution in [-0.4, -0.2) is 27.3 Å². The maximum atomic E-state index is 4.95. The number of hydrogen-bond donors (Lipinski definition) is 0. The van der Waals surface area contributed by atoms with Gasteiger partial charge in [-0.05, 0) is 53.5 Å². The van der Waals surface area contributed by atoms with E-state index in [1.807, 2.05) is 29.0 Å². The van der Waals surface area contributed by atoms with Crippen LogP contribution in [0.2, 0.25) is 0 Å². The maximum Gasteiger partial charge on any atom is 0.345 e. The lowest BCUT2D eigenvalue weighted by atomic mass is 10.2. The van der Waals surface area contributed by atoms with Crippen LogP contribution in [0, 0.1) is 0 Å². The Hall–Kier alpha value is -3.73. The van der Waals surface area contributed by atoms with Crippen molar-refractivity contribution in [1.29, 1.82) is 0 Å². The summed E-state index contributed by atoms with van der Waals surface area (Å²) >= 11 is 0. The van der Waals surface area contributed by atoms with Gasteiger partial charge in [0.05, 0.1) is 12.2 Å². The fraction of sp³-hybridized carbons (Fsp3) is 0.125. The zero-order chi connectivity index (χ0) is 19.5. The van der Waals surface area contributed by atoms with Crippen LogP contribution in [0.15, 0.2) is 102 Å². The summed E-state index contributed by atoms with van der Waals surface area (Å²) in [6.07, 6.45) is 5.19. The lowest BCUT2D eigenvalue weighted by Crippen LogP contribution is -2.13. The van der Waals surface area contributed by atoms with Crippen LogP contribution in [0.25, 0.3) is 5.69 Å². The Kier molecular flexibility index (Phi) is 4.62. The number of aromatic nitrogens is 2. The summed E-state index contributed by atoms with van der Waals surface area (Å²) in [6, 6.07) is 29.0. The minimum Gasteiger partial charge on any atom is -0.324 e. The molecule has 0 saturated heterocycles. The Morgan fingerprint density at radius 3 is 2.38 bits per heavy atom. The number of hydrogen-bond acceptors (Lipinski definition) is 3. The summed E-state index contributed by atoms with van der Waals surface area (Å²) in [7, 11) is 0. The van der Waals surface area contributed by atoms with Gasteiger partial charge in [-0.1, -0.05) is 24.3 Å². The standard InChI is InChI=1S/C24H22N5/c1-2-9-20(10-3-1)29(22-12-6-11-21(19-22)27-16-4-5-17-27)24-14-7-13-23(26-24)28-18-8-15-25-28/h1-7,9-14,16-17,19H,8,15,18H2/q+1. The quantitative estimate of drug-likeness (QED) is 0.408. The molecule has 29 heavy (non-hydrogen) atoms.